The average molecular weight is 364 g/mol. The number of piperazine rings is 1. The number of hydrogen-bond acceptors (Lipinski definition) is 4. The van der Waals surface area contributed by atoms with Gasteiger partial charge in [0.05, 0.1) is 10.6 Å². The number of halogens is 1. The molecule has 1 aromatic rings. The summed E-state index contributed by atoms with van der Waals surface area (Å²) in [5.41, 5.74) is 0.259. The lowest BCUT2D eigenvalue weighted by Gasteiger charge is -2.33. The molecule has 0 radical (unpaired) electrons. The van der Waals surface area contributed by atoms with Crippen molar-refractivity contribution in [2.75, 3.05) is 31.9 Å². The Morgan fingerprint density at radius 3 is 2.13 bits per heavy atom. The standard InChI is InChI=1S/C14H21FN2O4S2/c1-3-10-22(18,19)16-6-8-17(9-7-16)23(20,21)13-4-5-14(15)12(2)11-13/h4-5,11H,3,6-10H2,1-2H3. The number of rotatable bonds is 5. The van der Waals surface area contributed by atoms with Crippen LogP contribution >= 0.6 is 0 Å². The van der Waals surface area contributed by atoms with Crippen LogP contribution in [-0.2, 0) is 20.0 Å². The SMILES string of the molecule is CCCS(=O)(=O)N1CCN(S(=O)(=O)c2ccc(F)c(C)c2)CC1. The van der Waals surface area contributed by atoms with Crippen LogP contribution in [0.5, 0.6) is 0 Å². The molecular formula is C14H21FN2O4S2. The smallest absolute Gasteiger partial charge is 0.212 e. The molecule has 0 saturated carbocycles. The number of aryl methyl sites for hydroxylation is 1. The number of sulfonamides is 2. The molecule has 0 atom stereocenters. The van der Waals surface area contributed by atoms with Crippen molar-refractivity contribution in [3.8, 4) is 0 Å². The summed E-state index contributed by atoms with van der Waals surface area (Å²) in [5, 5.41) is 0. The highest BCUT2D eigenvalue weighted by Crippen LogP contribution is 2.21. The van der Waals surface area contributed by atoms with E-state index in [0.29, 0.717) is 6.42 Å². The van der Waals surface area contributed by atoms with Gasteiger partial charge in [-0.3, -0.25) is 0 Å². The molecule has 9 heteroatoms. The minimum absolute atomic E-state index is 0.0289. The molecule has 6 nitrogen and oxygen atoms in total. The first-order valence-electron chi connectivity index (χ1n) is 7.42. The fraction of sp³-hybridized carbons (Fsp3) is 0.571. The van der Waals surface area contributed by atoms with Gasteiger partial charge in [-0.1, -0.05) is 6.92 Å². The van der Waals surface area contributed by atoms with Gasteiger partial charge in [-0.05, 0) is 37.1 Å². The molecule has 0 unspecified atom stereocenters. The molecule has 23 heavy (non-hydrogen) atoms. The largest absolute Gasteiger partial charge is 0.243 e. The number of hydrogen-bond donors (Lipinski definition) is 0. The molecule has 0 spiro atoms. The number of nitrogens with zero attached hydrogens (tertiary/aromatic N) is 2. The molecule has 0 aromatic heterocycles. The van der Waals surface area contributed by atoms with E-state index in [4.69, 9.17) is 0 Å². The lowest BCUT2D eigenvalue weighted by atomic mass is 10.2. The zero-order chi connectivity index (χ0) is 17.3. The maximum atomic E-state index is 13.3. The summed E-state index contributed by atoms with van der Waals surface area (Å²) in [6.07, 6.45) is 0.524. The van der Waals surface area contributed by atoms with Crippen LogP contribution in [0.25, 0.3) is 0 Å². The quantitative estimate of drug-likeness (QED) is 0.786. The molecule has 1 aliphatic heterocycles. The molecule has 1 saturated heterocycles. The normalized spacial score (nSPS) is 18.2. The third kappa shape index (κ3) is 3.90. The molecular weight excluding hydrogens is 343 g/mol. The molecule has 130 valence electrons. The molecule has 1 aromatic carbocycles. The van der Waals surface area contributed by atoms with Crippen molar-refractivity contribution in [1.29, 1.82) is 0 Å². The summed E-state index contributed by atoms with van der Waals surface area (Å²) in [6, 6.07) is 3.66. The van der Waals surface area contributed by atoms with Gasteiger partial charge in [-0.15, -0.1) is 0 Å². The summed E-state index contributed by atoms with van der Waals surface area (Å²) >= 11 is 0. The third-order valence-corrected chi connectivity index (χ3v) is 7.79. The molecule has 1 fully saturated rings. The summed E-state index contributed by atoms with van der Waals surface area (Å²) in [4.78, 5) is 0.0289. The first-order chi connectivity index (χ1) is 10.7. The fourth-order valence-electron chi connectivity index (χ4n) is 2.50. The Morgan fingerprint density at radius 2 is 1.61 bits per heavy atom. The Morgan fingerprint density at radius 1 is 1.04 bits per heavy atom. The van der Waals surface area contributed by atoms with Crippen molar-refractivity contribution < 1.29 is 21.2 Å². The van der Waals surface area contributed by atoms with Gasteiger partial charge in [-0.2, -0.15) is 8.61 Å². The third-order valence-electron chi connectivity index (χ3n) is 3.82. The highest BCUT2D eigenvalue weighted by molar-refractivity contribution is 7.89. The molecule has 0 N–H and O–H groups in total. The summed E-state index contributed by atoms with van der Waals surface area (Å²) in [7, 11) is -7.05. The van der Waals surface area contributed by atoms with Crippen molar-refractivity contribution in [2.45, 2.75) is 25.2 Å². The Balaban J connectivity index is 2.14. The van der Waals surface area contributed by atoms with Crippen LogP contribution in [0.15, 0.2) is 23.1 Å². The summed E-state index contributed by atoms with van der Waals surface area (Å²) in [6.45, 7) is 3.77. The number of benzene rings is 1. The van der Waals surface area contributed by atoms with E-state index in [1.54, 1.807) is 6.92 Å². The van der Waals surface area contributed by atoms with Crippen molar-refractivity contribution in [2.24, 2.45) is 0 Å². The monoisotopic (exact) mass is 364 g/mol. The van der Waals surface area contributed by atoms with Crippen LogP contribution in [0.3, 0.4) is 0 Å². The summed E-state index contributed by atoms with van der Waals surface area (Å²) in [5.74, 6) is -0.392. The highest BCUT2D eigenvalue weighted by atomic mass is 32.2. The Kier molecular flexibility index (Phi) is 5.44. The van der Waals surface area contributed by atoms with E-state index in [2.05, 4.69) is 0 Å². The second kappa shape index (κ2) is 6.84. The van der Waals surface area contributed by atoms with E-state index in [0.717, 1.165) is 6.07 Å². The zero-order valence-corrected chi connectivity index (χ0v) is 14.8. The lowest BCUT2D eigenvalue weighted by Crippen LogP contribution is -2.50. The molecule has 0 aliphatic carbocycles. The van der Waals surface area contributed by atoms with Gasteiger partial charge in [0.25, 0.3) is 0 Å². The fourth-order valence-corrected chi connectivity index (χ4v) is 5.50. The lowest BCUT2D eigenvalue weighted by molar-refractivity contribution is 0.273. The van der Waals surface area contributed by atoms with Crippen molar-refractivity contribution in [1.82, 2.24) is 8.61 Å². The van der Waals surface area contributed by atoms with Gasteiger partial charge in [-0.25, -0.2) is 21.2 Å². The van der Waals surface area contributed by atoms with Crippen molar-refractivity contribution in [3.63, 3.8) is 0 Å². The van der Waals surface area contributed by atoms with Crippen LogP contribution in [0.2, 0.25) is 0 Å². The Bertz CT molecular complexity index is 770. The van der Waals surface area contributed by atoms with E-state index in [9.17, 15) is 21.2 Å². The van der Waals surface area contributed by atoms with Gasteiger partial charge in [0.2, 0.25) is 20.0 Å². The molecule has 0 amide bonds. The Labute approximate surface area is 137 Å². The van der Waals surface area contributed by atoms with Gasteiger partial charge in [0, 0.05) is 26.2 Å². The molecule has 1 aliphatic rings. The van der Waals surface area contributed by atoms with Gasteiger partial charge in [0.15, 0.2) is 0 Å². The Hall–Kier alpha value is -1.03. The second-order valence-corrected chi connectivity index (χ2v) is 9.56. The topological polar surface area (TPSA) is 74.8 Å². The van der Waals surface area contributed by atoms with Crippen LogP contribution in [-0.4, -0.2) is 57.4 Å². The first-order valence-corrected chi connectivity index (χ1v) is 10.5. The van der Waals surface area contributed by atoms with E-state index >= 15 is 0 Å². The van der Waals surface area contributed by atoms with E-state index in [-0.39, 0.29) is 42.4 Å². The average Bonchev–Trinajstić information content (AvgIpc) is 2.50. The maximum Gasteiger partial charge on any atom is 0.243 e. The molecule has 2 rings (SSSR count). The maximum absolute atomic E-state index is 13.3. The highest BCUT2D eigenvalue weighted by Gasteiger charge is 2.32. The molecule has 1 heterocycles. The van der Waals surface area contributed by atoms with Crippen LogP contribution in [0.1, 0.15) is 18.9 Å². The van der Waals surface area contributed by atoms with Crippen molar-refractivity contribution in [3.05, 3.63) is 29.6 Å². The van der Waals surface area contributed by atoms with E-state index in [1.807, 2.05) is 0 Å². The van der Waals surface area contributed by atoms with Gasteiger partial charge >= 0.3 is 0 Å². The van der Waals surface area contributed by atoms with Crippen LogP contribution in [0, 0.1) is 12.7 Å². The minimum atomic E-state index is -3.74. The first kappa shape index (κ1) is 18.3. The minimum Gasteiger partial charge on any atom is -0.212 e. The predicted molar refractivity (Wildman–Crippen MR) is 85.5 cm³/mol. The predicted octanol–water partition coefficient (Wildman–Crippen LogP) is 1.18. The van der Waals surface area contributed by atoms with Crippen LogP contribution < -0.4 is 0 Å². The zero-order valence-electron chi connectivity index (χ0n) is 13.2. The second-order valence-electron chi connectivity index (χ2n) is 5.53. The van der Waals surface area contributed by atoms with Gasteiger partial charge in [0.1, 0.15) is 5.82 Å². The summed E-state index contributed by atoms with van der Waals surface area (Å²) < 4.78 is 65.0. The van der Waals surface area contributed by atoms with Crippen molar-refractivity contribution >= 4 is 20.0 Å². The van der Waals surface area contributed by atoms with E-state index < -0.39 is 25.9 Å². The van der Waals surface area contributed by atoms with Gasteiger partial charge < -0.3 is 0 Å². The molecule has 0 bridgehead atoms. The van der Waals surface area contributed by atoms with E-state index in [1.165, 1.54) is 27.7 Å². The van der Waals surface area contributed by atoms with Crippen LogP contribution in [0.4, 0.5) is 4.39 Å².